The molecule has 8 aliphatic rings. The molecule has 0 radical (unpaired) electrons. The Hall–Kier alpha value is -0.790. The van der Waals surface area contributed by atoms with Crippen LogP contribution in [0, 0.1) is 69.5 Å². The molecule has 0 aromatic rings. The maximum absolute atomic E-state index is 13.7. The Kier molecular flexibility index (Phi) is 7.10. The van der Waals surface area contributed by atoms with Crippen molar-refractivity contribution < 1.29 is 9.53 Å². The number of fused-ring (bicyclic) bond motifs is 5. The Bertz CT molecular complexity index is 972. The van der Waals surface area contributed by atoms with E-state index in [0.29, 0.717) is 10.8 Å². The van der Waals surface area contributed by atoms with Gasteiger partial charge in [0.25, 0.3) is 0 Å². The van der Waals surface area contributed by atoms with Gasteiger partial charge in [0.1, 0.15) is 6.10 Å². The summed E-state index contributed by atoms with van der Waals surface area (Å²) in [6.07, 6.45) is 25.1. The van der Waals surface area contributed by atoms with Crippen LogP contribution in [0.2, 0.25) is 0 Å². The molecular formula is C38H60O2. The molecule has 7 fully saturated rings. The lowest BCUT2D eigenvalue weighted by atomic mass is 9.47. The van der Waals surface area contributed by atoms with Gasteiger partial charge in [0, 0.05) is 6.42 Å². The average molecular weight is 549 g/mol. The lowest BCUT2D eigenvalue weighted by molar-refractivity contribution is -0.179. The molecule has 0 aromatic carbocycles. The number of allylic oxidation sites excluding steroid dienone is 1. The van der Waals surface area contributed by atoms with Gasteiger partial charge in [0.05, 0.1) is 5.41 Å². The minimum Gasteiger partial charge on any atom is -0.462 e. The Morgan fingerprint density at radius 1 is 0.900 bits per heavy atom. The second-order valence-electron chi connectivity index (χ2n) is 17.8. The number of esters is 1. The van der Waals surface area contributed by atoms with E-state index in [9.17, 15) is 4.79 Å². The Balaban J connectivity index is 1.01. The number of rotatable bonds is 7. The van der Waals surface area contributed by atoms with E-state index in [4.69, 9.17) is 4.74 Å². The van der Waals surface area contributed by atoms with Gasteiger partial charge in [-0.3, -0.25) is 4.79 Å². The van der Waals surface area contributed by atoms with Crippen molar-refractivity contribution in [3.8, 4) is 0 Å². The van der Waals surface area contributed by atoms with Crippen molar-refractivity contribution >= 4 is 5.97 Å². The lowest BCUT2D eigenvalue weighted by Crippen LogP contribution is -2.52. The van der Waals surface area contributed by atoms with Crippen molar-refractivity contribution in [2.75, 3.05) is 0 Å². The van der Waals surface area contributed by atoms with Gasteiger partial charge in [-0.2, -0.15) is 0 Å². The summed E-state index contributed by atoms with van der Waals surface area (Å²) in [5.41, 5.74) is 2.46. The molecule has 0 aliphatic heterocycles. The van der Waals surface area contributed by atoms with Crippen LogP contribution in [0.15, 0.2) is 11.6 Å². The summed E-state index contributed by atoms with van der Waals surface area (Å²) < 4.78 is 6.50. The molecule has 0 aromatic heterocycles. The molecule has 0 unspecified atom stereocenters. The van der Waals surface area contributed by atoms with Crippen molar-refractivity contribution in [1.82, 2.24) is 0 Å². The van der Waals surface area contributed by atoms with Crippen LogP contribution in [0.1, 0.15) is 144 Å². The third kappa shape index (κ3) is 4.49. The maximum atomic E-state index is 13.7. The average Bonchev–Trinajstić information content (AvgIpc) is 3.25. The predicted octanol–water partition coefficient (Wildman–Crippen LogP) is 10.2. The van der Waals surface area contributed by atoms with Gasteiger partial charge >= 0.3 is 5.97 Å². The van der Waals surface area contributed by atoms with Crippen LogP contribution in [0.4, 0.5) is 0 Å². The van der Waals surface area contributed by atoms with Crippen molar-refractivity contribution in [2.45, 2.75) is 150 Å². The van der Waals surface area contributed by atoms with E-state index in [1.807, 2.05) is 0 Å². The Morgan fingerprint density at radius 3 is 2.27 bits per heavy atom. The van der Waals surface area contributed by atoms with Crippen LogP contribution in [-0.2, 0) is 9.53 Å². The molecule has 7 saturated carbocycles. The summed E-state index contributed by atoms with van der Waals surface area (Å²) in [5, 5.41) is 0. The largest absolute Gasteiger partial charge is 0.462 e. The van der Waals surface area contributed by atoms with Gasteiger partial charge in [0.15, 0.2) is 0 Å². The Labute approximate surface area is 246 Å². The van der Waals surface area contributed by atoms with Crippen LogP contribution in [-0.4, -0.2) is 12.1 Å². The quantitative estimate of drug-likeness (QED) is 0.234. The van der Waals surface area contributed by atoms with E-state index in [-0.39, 0.29) is 17.5 Å². The first-order valence-corrected chi connectivity index (χ1v) is 18.0. The van der Waals surface area contributed by atoms with Gasteiger partial charge in [-0.15, -0.1) is 0 Å². The minimum atomic E-state index is -0.111. The molecule has 4 bridgehead atoms. The zero-order chi connectivity index (χ0) is 27.9. The van der Waals surface area contributed by atoms with Gasteiger partial charge in [-0.25, -0.2) is 0 Å². The zero-order valence-electron chi connectivity index (χ0n) is 26.7. The summed E-state index contributed by atoms with van der Waals surface area (Å²) in [6.45, 7) is 12.7. The molecule has 40 heavy (non-hydrogen) atoms. The second kappa shape index (κ2) is 10.1. The van der Waals surface area contributed by atoms with E-state index >= 15 is 0 Å². The van der Waals surface area contributed by atoms with Crippen LogP contribution in [0.5, 0.6) is 0 Å². The van der Waals surface area contributed by atoms with E-state index in [2.05, 4.69) is 40.7 Å². The molecule has 8 aliphatic carbocycles. The van der Waals surface area contributed by atoms with Crippen molar-refractivity contribution in [3.05, 3.63) is 11.6 Å². The molecule has 8 atom stereocenters. The van der Waals surface area contributed by atoms with E-state index in [1.165, 1.54) is 77.0 Å². The highest BCUT2D eigenvalue weighted by Gasteiger charge is 2.60. The summed E-state index contributed by atoms with van der Waals surface area (Å²) in [6, 6.07) is 0. The number of carbonyl (C=O) groups excluding carboxylic acids is 1. The van der Waals surface area contributed by atoms with Crippen LogP contribution < -0.4 is 0 Å². The molecule has 0 amide bonds. The molecule has 224 valence electrons. The van der Waals surface area contributed by atoms with Gasteiger partial charge in [-0.05, 0) is 148 Å². The summed E-state index contributed by atoms with van der Waals surface area (Å²) in [5.74, 6) is 7.94. The number of carbonyl (C=O) groups is 1. The smallest absolute Gasteiger partial charge is 0.312 e. The van der Waals surface area contributed by atoms with Crippen molar-refractivity contribution in [3.63, 3.8) is 0 Å². The molecule has 0 heterocycles. The topological polar surface area (TPSA) is 26.3 Å². The third-order valence-electron chi connectivity index (χ3n) is 15.0. The monoisotopic (exact) mass is 548 g/mol. The third-order valence-corrected chi connectivity index (χ3v) is 15.0. The standard InChI is InChI=1S/C38H60O2/c1-24(2)7-6-8-25(3)32-11-12-33-31-10-9-29-20-30(13-15-36(29,4)34(31)14-16-37(32,33)5)40-35(39)38-21-26-17-27(22-38)19-28(18-26)23-38/h9,24-28,30-34H,6-8,10-23H2,1-5H3/t25-,26?,27?,28?,30+,31-,32+,33-,34-,36-,37+,38?/m0/s1. The number of ether oxygens (including phenoxy) is 1. The molecular weight excluding hydrogens is 488 g/mol. The highest BCUT2D eigenvalue weighted by Crippen LogP contribution is 2.68. The van der Waals surface area contributed by atoms with Crippen LogP contribution in [0.25, 0.3) is 0 Å². The lowest BCUT2D eigenvalue weighted by Gasteiger charge is -2.58. The normalized spacial score (nSPS) is 49.7. The molecule has 0 N–H and O–H groups in total. The summed E-state index contributed by atoms with van der Waals surface area (Å²) in [4.78, 5) is 13.7. The molecule has 8 rings (SSSR count). The van der Waals surface area contributed by atoms with Gasteiger partial charge in [0.2, 0.25) is 0 Å². The molecule has 0 saturated heterocycles. The fourth-order valence-electron chi connectivity index (χ4n) is 13.4. The SMILES string of the molecule is CC(C)CCC[C@H](C)[C@H]1CC[C@H]2[C@@H]3CC=C4C[C@H](OC(=O)C56CC7CC(CC(C7)C5)C6)CC[C@]4(C)[C@H]3CC[C@]12C. The first-order valence-electron chi connectivity index (χ1n) is 18.0. The predicted molar refractivity (Wildman–Crippen MR) is 164 cm³/mol. The first kappa shape index (κ1) is 28.0. The summed E-state index contributed by atoms with van der Waals surface area (Å²) >= 11 is 0. The zero-order valence-corrected chi connectivity index (χ0v) is 26.7. The van der Waals surface area contributed by atoms with Crippen LogP contribution >= 0.6 is 0 Å². The van der Waals surface area contributed by atoms with Gasteiger partial charge in [-0.1, -0.05) is 65.5 Å². The van der Waals surface area contributed by atoms with Crippen molar-refractivity contribution in [2.24, 2.45) is 69.5 Å². The highest BCUT2D eigenvalue weighted by molar-refractivity contribution is 5.77. The summed E-state index contributed by atoms with van der Waals surface area (Å²) in [7, 11) is 0. The molecule has 0 spiro atoms. The van der Waals surface area contributed by atoms with Crippen LogP contribution in [0.3, 0.4) is 0 Å². The molecule has 2 nitrogen and oxygen atoms in total. The fraction of sp³-hybridized carbons (Fsp3) is 0.921. The number of hydrogen-bond acceptors (Lipinski definition) is 2. The number of hydrogen-bond donors (Lipinski definition) is 0. The minimum absolute atomic E-state index is 0.111. The van der Waals surface area contributed by atoms with E-state index in [1.54, 1.807) is 5.57 Å². The molecule has 2 heteroatoms. The fourth-order valence-corrected chi connectivity index (χ4v) is 13.4. The Morgan fingerprint density at radius 2 is 1.60 bits per heavy atom. The maximum Gasteiger partial charge on any atom is 0.312 e. The highest BCUT2D eigenvalue weighted by atomic mass is 16.5. The first-order chi connectivity index (χ1) is 19.1. The van der Waals surface area contributed by atoms with E-state index in [0.717, 1.165) is 85.4 Å². The van der Waals surface area contributed by atoms with Crippen molar-refractivity contribution in [1.29, 1.82) is 0 Å². The van der Waals surface area contributed by atoms with E-state index < -0.39 is 0 Å². The second-order valence-corrected chi connectivity index (χ2v) is 17.8. The van der Waals surface area contributed by atoms with Gasteiger partial charge < -0.3 is 4.74 Å².